The molecule has 2 nitrogen and oxygen atoms in total. The monoisotopic (exact) mass is 254 g/mol. The highest BCUT2D eigenvalue weighted by molar-refractivity contribution is 7.99. The Kier molecular flexibility index (Phi) is 3.69. The fourth-order valence-electron chi connectivity index (χ4n) is 4.31. The minimum absolute atomic E-state index is 0.366. The molecule has 2 N–H and O–H groups in total. The highest BCUT2D eigenvalue weighted by Gasteiger charge is 2.45. The third-order valence-electron chi connectivity index (χ3n) is 5.31. The molecule has 0 spiro atoms. The van der Waals surface area contributed by atoms with Gasteiger partial charge in [-0.15, -0.1) is 0 Å². The van der Waals surface area contributed by atoms with E-state index in [-0.39, 0.29) is 0 Å². The molecule has 17 heavy (non-hydrogen) atoms. The smallest absolute Gasteiger partial charge is 0.0432 e. The summed E-state index contributed by atoms with van der Waals surface area (Å²) in [6.07, 6.45) is 10.1. The van der Waals surface area contributed by atoms with Gasteiger partial charge in [0.05, 0.1) is 0 Å². The molecule has 0 aromatic carbocycles. The summed E-state index contributed by atoms with van der Waals surface area (Å²) in [5.74, 6) is 3.60. The zero-order valence-electron chi connectivity index (χ0n) is 10.9. The van der Waals surface area contributed by atoms with Crippen molar-refractivity contribution >= 4 is 11.8 Å². The predicted molar refractivity (Wildman–Crippen MR) is 75.4 cm³/mol. The third-order valence-corrected chi connectivity index (χ3v) is 6.55. The van der Waals surface area contributed by atoms with Gasteiger partial charge in [0.25, 0.3) is 0 Å². The molecule has 3 rings (SSSR count). The van der Waals surface area contributed by atoms with Crippen LogP contribution in [0, 0.1) is 5.92 Å². The van der Waals surface area contributed by atoms with Gasteiger partial charge in [-0.3, -0.25) is 4.90 Å². The van der Waals surface area contributed by atoms with Gasteiger partial charge in [0.15, 0.2) is 0 Å². The number of rotatable bonds is 2. The molecule has 2 aliphatic heterocycles. The van der Waals surface area contributed by atoms with Gasteiger partial charge in [-0.25, -0.2) is 0 Å². The lowest BCUT2D eigenvalue weighted by Crippen LogP contribution is -2.62. The van der Waals surface area contributed by atoms with Crippen LogP contribution in [0.15, 0.2) is 0 Å². The zero-order valence-corrected chi connectivity index (χ0v) is 11.7. The molecule has 2 saturated heterocycles. The van der Waals surface area contributed by atoms with Crippen LogP contribution < -0.4 is 5.73 Å². The topological polar surface area (TPSA) is 29.3 Å². The minimum Gasteiger partial charge on any atom is -0.329 e. The molecule has 0 amide bonds. The second-order valence-electron chi connectivity index (χ2n) is 6.18. The Bertz CT molecular complexity index is 261. The SMILES string of the molecule is NCC1(N2CCC[C@H]3CCCC[C@H]32)CCSC1. The van der Waals surface area contributed by atoms with Gasteiger partial charge in [0.2, 0.25) is 0 Å². The number of piperidine rings is 1. The highest BCUT2D eigenvalue weighted by Crippen LogP contribution is 2.42. The zero-order chi connectivity index (χ0) is 11.7. The Morgan fingerprint density at radius 2 is 2.00 bits per heavy atom. The van der Waals surface area contributed by atoms with E-state index in [2.05, 4.69) is 16.7 Å². The first kappa shape index (κ1) is 12.3. The van der Waals surface area contributed by atoms with E-state index in [0.29, 0.717) is 5.54 Å². The molecular weight excluding hydrogens is 228 g/mol. The Hall–Kier alpha value is 0.270. The van der Waals surface area contributed by atoms with Crippen molar-refractivity contribution in [2.24, 2.45) is 11.7 Å². The number of nitrogens with two attached hydrogens (primary N) is 1. The van der Waals surface area contributed by atoms with Gasteiger partial charge in [0.1, 0.15) is 0 Å². The summed E-state index contributed by atoms with van der Waals surface area (Å²) >= 11 is 2.12. The largest absolute Gasteiger partial charge is 0.329 e. The maximum absolute atomic E-state index is 6.17. The molecule has 1 aliphatic carbocycles. The van der Waals surface area contributed by atoms with Crippen molar-refractivity contribution in [3.05, 3.63) is 0 Å². The summed E-state index contributed by atoms with van der Waals surface area (Å²) in [4.78, 5) is 2.86. The number of hydrogen-bond acceptors (Lipinski definition) is 3. The predicted octanol–water partition coefficient (Wildman–Crippen LogP) is 2.48. The summed E-state index contributed by atoms with van der Waals surface area (Å²) in [5, 5.41) is 0. The van der Waals surface area contributed by atoms with E-state index in [4.69, 9.17) is 5.73 Å². The standard InChI is InChI=1S/C14H26N2S/c15-10-14(7-9-17-11-14)16-8-3-5-12-4-1-2-6-13(12)16/h12-13H,1-11,15H2/t12-,13-,14?/m1/s1. The molecule has 0 aromatic rings. The minimum atomic E-state index is 0.366. The summed E-state index contributed by atoms with van der Waals surface area (Å²) in [7, 11) is 0. The molecule has 1 saturated carbocycles. The summed E-state index contributed by atoms with van der Waals surface area (Å²) in [6, 6.07) is 0.875. The van der Waals surface area contributed by atoms with Crippen LogP contribution in [0.4, 0.5) is 0 Å². The average molecular weight is 254 g/mol. The Labute approximate surface area is 110 Å². The fourth-order valence-corrected chi connectivity index (χ4v) is 5.79. The molecule has 0 radical (unpaired) electrons. The number of nitrogens with zero attached hydrogens (tertiary/aromatic N) is 1. The van der Waals surface area contributed by atoms with Crippen LogP contribution in [0.3, 0.4) is 0 Å². The molecular formula is C14H26N2S. The van der Waals surface area contributed by atoms with Crippen molar-refractivity contribution in [2.45, 2.75) is 56.5 Å². The molecule has 0 aromatic heterocycles. The van der Waals surface area contributed by atoms with E-state index in [1.165, 1.54) is 63.0 Å². The Morgan fingerprint density at radius 1 is 1.18 bits per heavy atom. The van der Waals surface area contributed by atoms with Gasteiger partial charge in [0, 0.05) is 23.9 Å². The molecule has 2 heterocycles. The molecule has 0 bridgehead atoms. The number of thioether (sulfide) groups is 1. The number of fused-ring (bicyclic) bond motifs is 1. The van der Waals surface area contributed by atoms with E-state index < -0.39 is 0 Å². The van der Waals surface area contributed by atoms with Crippen molar-refractivity contribution in [1.82, 2.24) is 4.90 Å². The normalized spacial score (nSPS) is 43.6. The van der Waals surface area contributed by atoms with Gasteiger partial charge in [-0.05, 0) is 50.3 Å². The summed E-state index contributed by atoms with van der Waals surface area (Å²) in [5.41, 5.74) is 6.53. The number of hydrogen-bond donors (Lipinski definition) is 1. The van der Waals surface area contributed by atoms with Gasteiger partial charge in [-0.1, -0.05) is 12.8 Å². The van der Waals surface area contributed by atoms with E-state index >= 15 is 0 Å². The van der Waals surface area contributed by atoms with Crippen molar-refractivity contribution < 1.29 is 0 Å². The van der Waals surface area contributed by atoms with Crippen LogP contribution in [-0.2, 0) is 0 Å². The Morgan fingerprint density at radius 3 is 2.76 bits per heavy atom. The van der Waals surface area contributed by atoms with E-state index in [0.717, 1.165) is 18.5 Å². The van der Waals surface area contributed by atoms with Crippen molar-refractivity contribution in [3.8, 4) is 0 Å². The molecule has 98 valence electrons. The van der Waals surface area contributed by atoms with Crippen LogP contribution >= 0.6 is 11.8 Å². The lowest BCUT2D eigenvalue weighted by Gasteiger charge is -2.52. The maximum Gasteiger partial charge on any atom is 0.0432 e. The first-order valence-corrected chi connectivity index (χ1v) is 8.56. The average Bonchev–Trinajstić information content (AvgIpc) is 2.88. The first-order valence-electron chi connectivity index (χ1n) is 7.40. The summed E-state index contributed by atoms with van der Waals surface area (Å²) in [6.45, 7) is 2.20. The second kappa shape index (κ2) is 5.10. The highest BCUT2D eigenvalue weighted by atomic mass is 32.2. The third kappa shape index (κ3) is 2.15. The van der Waals surface area contributed by atoms with Gasteiger partial charge >= 0.3 is 0 Å². The molecule has 3 aliphatic rings. The maximum atomic E-state index is 6.17. The number of likely N-dealkylation sites (tertiary alicyclic amines) is 1. The van der Waals surface area contributed by atoms with Crippen molar-refractivity contribution in [3.63, 3.8) is 0 Å². The summed E-state index contributed by atoms with van der Waals surface area (Å²) < 4.78 is 0. The van der Waals surface area contributed by atoms with Crippen LogP contribution in [0.2, 0.25) is 0 Å². The van der Waals surface area contributed by atoms with Crippen LogP contribution in [0.5, 0.6) is 0 Å². The molecule has 3 fully saturated rings. The lowest BCUT2D eigenvalue weighted by molar-refractivity contribution is -0.0137. The van der Waals surface area contributed by atoms with Crippen molar-refractivity contribution in [2.75, 3.05) is 24.6 Å². The van der Waals surface area contributed by atoms with Gasteiger partial charge < -0.3 is 5.73 Å². The molecule has 3 heteroatoms. The van der Waals surface area contributed by atoms with Crippen LogP contribution in [0.1, 0.15) is 44.9 Å². The van der Waals surface area contributed by atoms with Crippen molar-refractivity contribution in [1.29, 1.82) is 0 Å². The second-order valence-corrected chi connectivity index (χ2v) is 7.28. The van der Waals surface area contributed by atoms with Crippen LogP contribution in [0.25, 0.3) is 0 Å². The molecule has 1 unspecified atom stereocenters. The van der Waals surface area contributed by atoms with E-state index in [1.54, 1.807) is 0 Å². The van der Waals surface area contributed by atoms with E-state index in [9.17, 15) is 0 Å². The van der Waals surface area contributed by atoms with Crippen LogP contribution in [-0.4, -0.2) is 41.1 Å². The fraction of sp³-hybridized carbons (Fsp3) is 1.00. The van der Waals surface area contributed by atoms with E-state index in [1.807, 2.05) is 0 Å². The molecule has 3 atom stereocenters. The quantitative estimate of drug-likeness (QED) is 0.821. The lowest BCUT2D eigenvalue weighted by atomic mass is 9.76. The Balaban J connectivity index is 1.79. The van der Waals surface area contributed by atoms with Gasteiger partial charge in [-0.2, -0.15) is 11.8 Å². The first-order chi connectivity index (χ1) is 8.36.